The van der Waals surface area contributed by atoms with Crippen molar-refractivity contribution in [1.29, 1.82) is 5.26 Å². The molecule has 5 heteroatoms. The molecule has 0 atom stereocenters. The van der Waals surface area contributed by atoms with Gasteiger partial charge >= 0.3 is 5.97 Å². The monoisotopic (exact) mass is 431 g/mol. The van der Waals surface area contributed by atoms with Gasteiger partial charge in [0.15, 0.2) is 0 Å². The summed E-state index contributed by atoms with van der Waals surface area (Å²) in [7, 11) is 0. The van der Waals surface area contributed by atoms with Crippen molar-refractivity contribution in [2.24, 2.45) is 0 Å². The predicted octanol–water partition coefficient (Wildman–Crippen LogP) is 7.45. The van der Waals surface area contributed by atoms with Crippen LogP contribution < -0.4 is 4.74 Å². The minimum atomic E-state index is -0.336. The molecule has 150 valence electrons. The summed E-state index contributed by atoms with van der Waals surface area (Å²) in [4.78, 5) is 14.8. The minimum absolute atomic E-state index is 0.336. The van der Waals surface area contributed by atoms with Gasteiger partial charge in [-0.1, -0.05) is 50.1 Å². The van der Waals surface area contributed by atoms with Gasteiger partial charge in [0.25, 0.3) is 0 Å². The summed E-state index contributed by atoms with van der Waals surface area (Å²) in [5.74, 6) is 0.182. The van der Waals surface area contributed by atoms with Gasteiger partial charge in [-0.2, -0.15) is 5.26 Å². The second kappa shape index (κ2) is 9.25. The van der Waals surface area contributed by atoms with Crippen LogP contribution in [0.2, 0.25) is 0 Å². The maximum Gasteiger partial charge on any atom is 0.353 e. The number of hydrogen-bond donors (Lipinski definition) is 0. The molecule has 0 aliphatic carbocycles. The smallest absolute Gasteiger partial charge is 0.353 e. The van der Waals surface area contributed by atoms with E-state index in [9.17, 15) is 4.79 Å². The maximum atomic E-state index is 12.8. The molecule has 0 aliphatic heterocycles. The summed E-state index contributed by atoms with van der Waals surface area (Å²) in [6.07, 6.45) is 4.80. The summed E-state index contributed by atoms with van der Waals surface area (Å²) in [6.45, 7) is 2.21. The lowest BCUT2D eigenvalue weighted by molar-refractivity contribution is 0.0741. The molecule has 4 aromatic rings. The molecule has 0 unspecified atom stereocenters. The Kier molecular flexibility index (Phi) is 6.27. The highest BCUT2D eigenvalue weighted by Crippen LogP contribution is 2.36. The van der Waals surface area contributed by atoms with E-state index in [1.165, 1.54) is 35.5 Å². The zero-order chi connectivity index (χ0) is 20.9. The number of ether oxygens (including phenoxy) is 1. The standard InChI is InChI=1S/C25H21NO2S2/c1-2-3-4-7-19-14-22-23(29-19)15-24(30-22)25(27)28-21-9-6-5-8-20(21)18-12-10-17(16-26)11-13-18/h5-6,8-15H,2-4,7H2,1H3. The van der Waals surface area contributed by atoms with Gasteiger partial charge in [0.1, 0.15) is 10.6 Å². The highest BCUT2D eigenvalue weighted by molar-refractivity contribution is 7.28. The van der Waals surface area contributed by atoms with Crippen LogP contribution in [0.1, 0.15) is 46.3 Å². The van der Waals surface area contributed by atoms with Crippen LogP contribution in [-0.2, 0) is 6.42 Å². The molecule has 0 spiro atoms. The van der Waals surface area contributed by atoms with Crippen LogP contribution in [0.3, 0.4) is 0 Å². The van der Waals surface area contributed by atoms with Gasteiger partial charge in [0.05, 0.1) is 11.6 Å². The molecular weight excluding hydrogens is 410 g/mol. The van der Waals surface area contributed by atoms with E-state index in [0.717, 1.165) is 26.9 Å². The van der Waals surface area contributed by atoms with Crippen molar-refractivity contribution in [3.05, 3.63) is 76.0 Å². The molecule has 0 radical (unpaired) electrons. The maximum absolute atomic E-state index is 12.8. The molecule has 4 rings (SSSR count). The second-order valence-electron chi connectivity index (χ2n) is 7.08. The Morgan fingerprint density at radius 2 is 1.77 bits per heavy atom. The largest absolute Gasteiger partial charge is 0.422 e. The van der Waals surface area contributed by atoms with E-state index in [1.54, 1.807) is 29.5 Å². The topological polar surface area (TPSA) is 50.1 Å². The highest BCUT2D eigenvalue weighted by atomic mass is 32.1. The molecule has 2 aromatic heterocycles. The van der Waals surface area contributed by atoms with Crippen molar-refractivity contribution in [2.75, 3.05) is 0 Å². The van der Waals surface area contributed by atoms with E-state index in [0.29, 0.717) is 16.2 Å². The zero-order valence-electron chi connectivity index (χ0n) is 16.7. The quantitative estimate of drug-likeness (QED) is 0.173. The van der Waals surface area contributed by atoms with Gasteiger partial charge in [-0.3, -0.25) is 0 Å². The van der Waals surface area contributed by atoms with Crippen molar-refractivity contribution >= 4 is 38.0 Å². The molecule has 0 bridgehead atoms. The Bertz CT molecular complexity index is 1180. The Hall–Kier alpha value is -2.94. The number of unbranched alkanes of at least 4 members (excludes halogenated alkanes) is 2. The first-order valence-electron chi connectivity index (χ1n) is 10.0. The lowest BCUT2D eigenvalue weighted by atomic mass is 10.0. The van der Waals surface area contributed by atoms with Gasteiger partial charge in [0.2, 0.25) is 0 Å². The number of benzene rings is 2. The molecule has 0 amide bonds. The van der Waals surface area contributed by atoms with Gasteiger partial charge < -0.3 is 4.74 Å². The number of thiophene rings is 2. The van der Waals surface area contributed by atoms with Crippen molar-refractivity contribution in [1.82, 2.24) is 0 Å². The molecule has 2 heterocycles. The van der Waals surface area contributed by atoms with E-state index in [-0.39, 0.29) is 5.97 Å². The van der Waals surface area contributed by atoms with Crippen LogP contribution in [0.15, 0.2) is 60.7 Å². The molecule has 2 aromatic carbocycles. The van der Waals surface area contributed by atoms with Crippen molar-refractivity contribution in [3.8, 4) is 22.9 Å². The number of rotatable bonds is 7. The van der Waals surface area contributed by atoms with Crippen LogP contribution in [0.4, 0.5) is 0 Å². The molecule has 30 heavy (non-hydrogen) atoms. The number of hydrogen-bond acceptors (Lipinski definition) is 5. The van der Waals surface area contributed by atoms with Crippen LogP contribution in [0.5, 0.6) is 5.75 Å². The Labute approximate surface area is 184 Å². The number of fused-ring (bicyclic) bond motifs is 1. The SMILES string of the molecule is CCCCCc1cc2sc(C(=O)Oc3ccccc3-c3ccc(C#N)cc3)cc2s1. The molecule has 3 nitrogen and oxygen atoms in total. The Balaban J connectivity index is 1.52. The summed E-state index contributed by atoms with van der Waals surface area (Å²) < 4.78 is 8.07. The number of esters is 1. The van der Waals surface area contributed by atoms with Gasteiger partial charge in [-0.05, 0) is 48.7 Å². The average Bonchev–Trinajstić information content (AvgIpc) is 3.33. The fraction of sp³-hybridized carbons (Fsp3) is 0.200. The van der Waals surface area contributed by atoms with E-state index in [4.69, 9.17) is 10.00 Å². The number of nitriles is 1. The van der Waals surface area contributed by atoms with Crippen LogP contribution in [0.25, 0.3) is 20.5 Å². The third-order valence-corrected chi connectivity index (χ3v) is 7.23. The van der Waals surface area contributed by atoms with E-state index >= 15 is 0 Å². The van der Waals surface area contributed by atoms with Crippen LogP contribution in [0, 0.1) is 11.3 Å². The zero-order valence-corrected chi connectivity index (χ0v) is 18.3. The molecule has 0 aliphatic rings. The van der Waals surface area contributed by atoms with E-state index in [2.05, 4.69) is 19.1 Å². The van der Waals surface area contributed by atoms with Gasteiger partial charge in [-0.15, -0.1) is 22.7 Å². The normalized spacial score (nSPS) is 10.8. The minimum Gasteiger partial charge on any atom is -0.422 e. The lowest BCUT2D eigenvalue weighted by Gasteiger charge is -2.09. The predicted molar refractivity (Wildman–Crippen MR) is 124 cm³/mol. The molecule has 0 saturated carbocycles. The molecular formula is C25H21NO2S2. The third-order valence-electron chi connectivity index (χ3n) is 4.90. The Morgan fingerprint density at radius 3 is 2.50 bits per heavy atom. The third kappa shape index (κ3) is 4.46. The number of nitrogens with zero attached hydrogens (tertiary/aromatic N) is 1. The van der Waals surface area contributed by atoms with Crippen molar-refractivity contribution in [2.45, 2.75) is 32.6 Å². The van der Waals surface area contributed by atoms with Crippen molar-refractivity contribution in [3.63, 3.8) is 0 Å². The molecule has 0 saturated heterocycles. The molecule has 0 fully saturated rings. The summed E-state index contributed by atoms with van der Waals surface area (Å²) in [6, 6.07) is 21.0. The second-order valence-corrected chi connectivity index (χ2v) is 9.34. The highest BCUT2D eigenvalue weighted by Gasteiger charge is 2.17. The number of para-hydroxylation sites is 1. The average molecular weight is 432 g/mol. The number of aryl methyl sites for hydroxylation is 1. The fourth-order valence-corrected chi connectivity index (χ4v) is 5.67. The lowest BCUT2D eigenvalue weighted by Crippen LogP contribution is -2.07. The summed E-state index contributed by atoms with van der Waals surface area (Å²) in [5.41, 5.74) is 2.33. The van der Waals surface area contributed by atoms with E-state index in [1.807, 2.05) is 36.4 Å². The first-order valence-corrected chi connectivity index (χ1v) is 11.6. The summed E-state index contributed by atoms with van der Waals surface area (Å²) in [5, 5.41) is 8.99. The fourth-order valence-electron chi connectivity index (χ4n) is 3.33. The first-order chi connectivity index (χ1) is 14.7. The summed E-state index contributed by atoms with van der Waals surface area (Å²) >= 11 is 3.26. The van der Waals surface area contributed by atoms with Crippen LogP contribution >= 0.6 is 22.7 Å². The number of carbonyl (C=O) groups is 1. The first kappa shape index (κ1) is 20.3. The van der Waals surface area contributed by atoms with Crippen molar-refractivity contribution < 1.29 is 9.53 Å². The van der Waals surface area contributed by atoms with Gasteiger partial charge in [-0.25, -0.2) is 4.79 Å². The number of carbonyl (C=O) groups excluding carboxylic acids is 1. The van der Waals surface area contributed by atoms with E-state index < -0.39 is 0 Å². The Morgan fingerprint density at radius 1 is 1.00 bits per heavy atom. The molecule has 0 N–H and O–H groups in total. The van der Waals surface area contributed by atoms with Crippen LogP contribution in [-0.4, -0.2) is 5.97 Å². The van der Waals surface area contributed by atoms with Gasteiger partial charge in [0, 0.05) is 19.8 Å².